The molecule has 0 spiro atoms. The van der Waals surface area contributed by atoms with Crippen molar-refractivity contribution in [3.8, 4) is 0 Å². The lowest BCUT2D eigenvalue weighted by molar-refractivity contribution is 0.0950. The summed E-state index contributed by atoms with van der Waals surface area (Å²) in [6, 6.07) is 10.2. The molecule has 1 amide bonds. The summed E-state index contributed by atoms with van der Waals surface area (Å²) in [4.78, 5) is 23.3. The summed E-state index contributed by atoms with van der Waals surface area (Å²) in [5.41, 5.74) is 3.57. The number of benzene rings is 1. The zero-order valence-corrected chi connectivity index (χ0v) is 17.0. The first-order valence-electron chi connectivity index (χ1n) is 9.70. The third-order valence-electron chi connectivity index (χ3n) is 4.87. The molecule has 0 saturated carbocycles. The number of anilines is 3. The fourth-order valence-electron chi connectivity index (χ4n) is 3.11. The number of nitrogens with zero attached hydrogens (tertiary/aromatic N) is 4. The van der Waals surface area contributed by atoms with Gasteiger partial charge in [-0.3, -0.25) is 9.78 Å². The number of carbonyl (C=O) groups excluding carboxylic acids is 1. The molecule has 3 rings (SSSR count). The van der Waals surface area contributed by atoms with E-state index < -0.39 is 0 Å². The number of hydrogen-bond acceptors (Lipinski definition) is 6. The average molecular weight is 383 g/mol. The monoisotopic (exact) mass is 382 g/mol. The Morgan fingerprint density at radius 2 is 1.79 bits per heavy atom. The maximum Gasteiger partial charge on any atom is 0.252 e. The molecule has 2 heterocycles. The van der Waals surface area contributed by atoms with Gasteiger partial charge in [0.1, 0.15) is 0 Å². The molecule has 7 heteroatoms. The van der Waals surface area contributed by atoms with Crippen molar-refractivity contribution in [1.82, 2.24) is 20.1 Å². The number of rotatable bonds is 7. The standard InChI is InChI=1S/C21H30N6O/c1-25(2)9-8-23-21(28)17-14-19(16-22-15-17)24-18-4-6-20(7-5-18)27-12-10-26(3)11-13-27/h4-7,14-16,24H,8-13H2,1-3H3,(H,23,28). The van der Waals surface area contributed by atoms with E-state index in [-0.39, 0.29) is 5.91 Å². The summed E-state index contributed by atoms with van der Waals surface area (Å²) in [7, 11) is 6.12. The number of carbonyl (C=O) groups is 1. The Morgan fingerprint density at radius 1 is 1.07 bits per heavy atom. The molecule has 0 radical (unpaired) electrons. The van der Waals surface area contributed by atoms with Gasteiger partial charge in [0.25, 0.3) is 5.91 Å². The molecule has 0 bridgehead atoms. The number of aromatic nitrogens is 1. The van der Waals surface area contributed by atoms with Crippen LogP contribution < -0.4 is 15.5 Å². The van der Waals surface area contributed by atoms with Crippen LogP contribution in [0.2, 0.25) is 0 Å². The lowest BCUT2D eigenvalue weighted by atomic mass is 10.2. The minimum Gasteiger partial charge on any atom is -0.369 e. The van der Waals surface area contributed by atoms with Crippen molar-refractivity contribution in [2.24, 2.45) is 0 Å². The molecular formula is C21H30N6O. The third kappa shape index (κ3) is 5.68. The van der Waals surface area contributed by atoms with Gasteiger partial charge in [-0.05, 0) is 51.5 Å². The fraction of sp³-hybridized carbons (Fsp3) is 0.429. The van der Waals surface area contributed by atoms with E-state index in [0.29, 0.717) is 12.1 Å². The minimum absolute atomic E-state index is 0.108. The van der Waals surface area contributed by atoms with Gasteiger partial charge in [0.2, 0.25) is 0 Å². The molecule has 1 aromatic heterocycles. The Hall–Kier alpha value is -2.64. The molecule has 0 atom stereocenters. The highest BCUT2D eigenvalue weighted by atomic mass is 16.1. The van der Waals surface area contributed by atoms with Crippen LogP contribution in [0.1, 0.15) is 10.4 Å². The van der Waals surface area contributed by atoms with Crippen LogP contribution in [0.5, 0.6) is 0 Å². The summed E-state index contributed by atoms with van der Waals surface area (Å²) in [5, 5.41) is 6.24. The molecule has 0 unspecified atom stereocenters. The molecule has 1 saturated heterocycles. The molecule has 2 N–H and O–H groups in total. The molecule has 150 valence electrons. The first-order chi connectivity index (χ1) is 13.5. The van der Waals surface area contributed by atoms with E-state index in [4.69, 9.17) is 0 Å². The molecule has 1 aliphatic heterocycles. The number of amides is 1. The highest BCUT2D eigenvalue weighted by Gasteiger charge is 2.14. The van der Waals surface area contributed by atoms with Crippen molar-refractivity contribution >= 4 is 23.0 Å². The second kappa shape index (κ2) is 9.52. The van der Waals surface area contributed by atoms with Gasteiger partial charge in [0.15, 0.2) is 0 Å². The van der Waals surface area contributed by atoms with E-state index >= 15 is 0 Å². The number of nitrogens with one attached hydrogen (secondary N) is 2. The number of pyridine rings is 1. The molecule has 1 aromatic carbocycles. The largest absolute Gasteiger partial charge is 0.369 e. The quantitative estimate of drug-likeness (QED) is 0.762. The Balaban J connectivity index is 1.58. The Labute approximate surface area is 167 Å². The van der Waals surface area contributed by atoms with Gasteiger partial charge in [0, 0.05) is 56.8 Å². The average Bonchev–Trinajstić information content (AvgIpc) is 2.69. The predicted molar refractivity (Wildman–Crippen MR) is 115 cm³/mol. The van der Waals surface area contributed by atoms with Crippen molar-refractivity contribution in [1.29, 1.82) is 0 Å². The molecule has 2 aromatic rings. The fourth-order valence-corrected chi connectivity index (χ4v) is 3.11. The van der Waals surface area contributed by atoms with E-state index in [1.54, 1.807) is 12.4 Å². The van der Waals surface area contributed by atoms with Gasteiger partial charge in [-0.25, -0.2) is 0 Å². The lowest BCUT2D eigenvalue weighted by Crippen LogP contribution is -2.44. The second-order valence-electron chi connectivity index (χ2n) is 7.48. The summed E-state index contributed by atoms with van der Waals surface area (Å²) in [6.45, 7) is 5.70. The Bertz CT molecular complexity index is 769. The van der Waals surface area contributed by atoms with Gasteiger partial charge >= 0.3 is 0 Å². The summed E-state index contributed by atoms with van der Waals surface area (Å²) < 4.78 is 0. The van der Waals surface area contributed by atoms with E-state index in [9.17, 15) is 4.79 Å². The van der Waals surface area contributed by atoms with Crippen LogP contribution in [0.4, 0.5) is 17.1 Å². The highest BCUT2D eigenvalue weighted by molar-refractivity contribution is 5.94. The summed E-state index contributed by atoms with van der Waals surface area (Å²) in [5.74, 6) is -0.108. The number of hydrogen-bond donors (Lipinski definition) is 2. The normalized spacial score (nSPS) is 14.9. The van der Waals surface area contributed by atoms with Crippen molar-refractivity contribution in [3.63, 3.8) is 0 Å². The maximum absolute atomic E-state index is 12.3. The van der Waals surface area contributed by atoms with Gasteiger partial charge < -0.3 is 25.3 Å². The molecule has 0 aliphatic carbocycles. The third-order valence-corrected chi connectivity index (χ3v) is 4.87. The maximum atomic E-state index is 12.3. The van der Waals surface area contributed by atoms with Crippen LogP contribution >= 0.6 is 0 Å². The Morgan fingerprint density at radius 3 is 2.46 bits per heavy atom. The Kier molecular flexibility index (Phi) is 6.84. The molecule has 1 aliphatic rings. The van der Waals surface area contributed by atoms with Crippen LogP contribution in [0.25, 0.3) is 0 Å². The first-order valence-corrected chi connectivity index (χ1v) is 9.70. The summed E-state index contributed by atoms with van der Waals surface area (Å²) in [6.07, 6.45) is 3.32. The highest BCUT2D eigenvalue weighted by Crippen LogP contribution is 2.22. The minimum atomic E-state index is -0.108. The van der Waals surface area contributed by atoms with Crippen molar-refractivity contribution in [3.05, 3.63) is 48.3 Å². The van der Waals surface area contributed by atoms with E-state index in [0.717, 1.165) is 44.1 Å². The van der Waals surface area contributed by atoms with Crippen molar-refractivity contribution < 1.29 is 4.79 Å². The van der Waals surface area contributed by atoms with Gasteiger partial charge in [0.05, 0.1) is 17.4 Å². The van der Waals surface area contributed by atoms with E-state index in [2.05, 4.69) is 56.7 Å². The van der Waals surface area contributed by atoms with Gasteiger partial charge in [-0.1, -0.05) is 0 Å². The molecule has 7 nitrogen and oxygen atoms in total. The van der Waals surface area contributed by atoms with Crippen LogP contribution in [-0.4, -0.2) is 81.1 Å². The lowest BCUT2D eigenvalue weighted by Gasteiger charge is -2.34. The molecule has 1 fully saturated rings. The van der Waals surface area contributed by atoms with Crippen molar-refractivity contribution in [2.45, 2.75) is 0 Å². The number of piperazine rings is 1. The van der Waals surface area contributed by atoms with Crippen LogP contribution in [-0.2, 0) is 0 Å². The van der Waals surface area contributed by atoms with E-state index in [1.165, 1.54) is 5.69 Å². The molecule has 28 heavy (non-hydrogen) atoms. The SMILES string of the molecule is CN(C)CCNC(=O)c1cncc(Nc2ccc(N3CCN(C)CC3)cc2)c1. The topological polar surface area (TPSA) is 63.7 Å². The second-order valence-corrected chi connectivity index (χ2v) is 7.48. The van der Waals surface area contributed by atoms with Crippen LogP contribution in [0, 0.1) is 0 Å². The van der Waals surface area contributed by atoms with Crippen LogP contribution in [0.3, 0.4) is 0 Å². The van der Waals surface area contributed by atoms with Gasteiger partial charge in [-0.2, -0.15) is 0 Å². The predicted octanol–water partition coefficient (Wildman–Crippen LogP) is 1.87. The van der Waals surface area contributed by atoms with Crippen molar-refractivity contribution in [2.75, 3.05) is 70.6 Å². The van der Waals surface area contributed by atoms with E-state index in [1.807, 2.05) is 25.1 Å². The molecular weight excluding hydrogens is 352 g/mol. The number of likely N-dealkylation sites (N-methyl/N-ethyl adjacent to an activating group) is 2. The van der Waals surface area contributed by atoms with Crippen LogP contribution in [0.15, 0.2) is 42.7 Å². The smallest absolute Gasteiger partial charge is 0.252 e. The zero-order chi connectivity index (χ0) is 19.9. The summed E-state index contributed by atoms with van der Waals surface area (Å²) >= 11 is 0. The first kappa shape index (κ1) is 20.1. The van der Waals surface area contributed by atoms with Gasteiger partial charge in [-0.15, -0.1) is 0 Å². The zero-order valence-electron chi connectivity index (χ0n) is 17.0.